The molecule has 0 aliphatic carbocycles. The quantitative estimate of drug-likeness (QED) is 0.629. The van der Waals surface area contributed by atoms with E-state index in [9.17, 15) is 18.0 Å². The lowest BCUT2D eigenvalue weighted by Crippen LogP contribution is -2.53. The molecule has 0 aromatic rings. The summed E-state index contributed by atoms with van der Waals surface area (Å²) in [6.07, 6.45) is 0.340. The van der Waals surface area contributed by atoms with Crippen LogP contribution in [0.15, 0.2) is 0 Å². The SMILES string of the molecule is CCC(C#N)S(=O)(=O)NC1CCC(=O)NC1=O. The highest BCUT2D eigenvalue weighted by Crippen LogP contribution is 2.09. The minimum Gasteiger partial charge on any atom is -0.295 e. The van der Waals surface area contributed by atoms with Crippen molar-refractivity contribution in [3.8, 4) is 6.07 Å². The third kappa shape index (κ3) is 3.25. The van der Waals surface area contributed by atoms with Crippen LogP contribution in [0.5, 0.6) is 0 Å². The smallest absolute Gasteiger partial charge is 0.244 e. The topological polar surface area (TPSA) is 116 Å². The minimum atomic E-state index is -3.86. The van der Waals surface area contributed by atoms with Gasteiger partial charge in [0.1, 0.15) is 6.04 Å². The zero-order chi connectivity index (χ0) is 13.1. The molecule has 2 atom stereocenters. The Bertz CT molecular complexity index is 465. The Kier molecular flexibility index (Phi) is 4.20. The zero-order valence-electron chi connectivity index (χ0n) is 9.26. The summed E-state index contributed by atoms with van der Waals surface area (Å²) >= 11 is 0. The molecule has 0 radical (unpaired) electrons. The number of nitrogens with one attached hydrogen (secondary N) is 2. The molecule has 1 aliphatic heterocycles. The van der Waals surface area contributed by atoms with Gasteiger partial charge in [-0.1, -0.05) is 6.92 Å². The summed E-state index contributed by atoms with van der Waals surface area (Å²) in [7, 11) is -3.86. The van der Waals surface area contributed by atoms with Crippen molar-refractivity contribution in [1.29, 1.82) is 5.26 Å². The van der Waals surface area contributed by atoms with Gasteiger partial charge in [-0.3, -0.25) is 14.9 Å². The van der Waals surface area contributed by atoms with Gasteiger partial charge in [0.15, 0.2) is 5.25 Å². The van der Waals surface area contributed by atoms with Gasteiger partial charge in [-0.25, -0.2) is 13.1 Å². The van der Waals surface area contributed by atoms with E-state index in [2.05, 4.69) is 4.72 Å². The highest BCUT2D eigenvalue weighted by molar-refractivity contribution is 7.90. The summed E-state index contributed by atoms with van der Waals surface area (Å²) in [6, 6.07) is 0.684. The van der Waals surface area contributed by atoms with Crippen molar-refractivity contribution in [1.82, 2.24) is 10.0 Å². The van der Waals surface area contributed by atoms with Crippen LogP contribution in [-0.2, 0) is 19.6 Å². The fraction of sp³-hybridized carbons (Fsp3) is 0.667. The molecule has 0 saturated carbocycles. The normalized spacial score (nSPS) is 22.7. The Labute approximate surface area is 99.2 Å². The van der Waals surface area contributed by atoms with Crippen molar-refractivity contribution in [2.24, 2.45) is 0 Å². The maximum atomic E-state index is 11.7. The molecule has 8 heteroatoms. The van der Waals surface area contributed by atoms with Gasteiger partial charge in [0.25, 0.3) is 0 Å². The first-order chi connectivity index (χ1) is 7.90. The molecule has 7 nitrogen and oxygen atoms in total. The van der Waals surface area contributed by atoms with E-state index in [0.717, 1.165) is 0 Å². The van der Waals surface area contributed by atoms with Crippen LogP contribution in [0.1, 0.15) is 26.2 Å². The Morgan fingerprint density at radius 1 is 1.59 bits per heavy atom. The molecule has 2 N–H and O–H groups in total. The highest BCUT2D eigenvalue weighted by atomic mass is 32.2. The lowest BCUT2D eigenvalue weighted by molar-refractivity contribution is -0.134. The average molecular weight is 259 g/mol. The van der Waals surface area contributed by atoms with E-state index < -0.39 is 33.1 Å². The zero-order valence-corrected chi connectivity index (χ0v) is 10.1. The Morgan fingerprint density at radius 2 is 2.24 bits per heavy atom. The molecule has 2 amide bonds. The van der Waals surface area contributed by atoms with E-state index in [1.54, 1.807) is 13.0 Å². The van der Waals surface area contributed by atoms with Gasteiger partial charge in [0.2, 0.25) is 21.8 Å². The fourth-order valence-electron chi connectivity index (χ4n) is 1.47. The predicted octanol–water partition coefficient (Wildman–Crippen LogP) is -0.987. The van der Waals surface area contributed by atoms with Gasteiger partial charge in [0, 0.05) is 6.42 Å². The van der Waals surface area contributed by atoms with E-state index in [1.807, 2.05) is 5.32 Å². The number of sulfonamides is 1. The first-order valence-corrected chi connectivity index (χ1v) is 6.69. The van der Waals surface area contributed by atoms with E-state index in [-0.39, 0.29) is 19.3 Å². The summed E-state index contributed by atoms with van der Waals surface area (Å²) in [5.74, 6) is -1.09. The molecule has 0 aromatic carbocycles. The van der Waals surface area contributed by atoms with E-state index >= 15 is 0 Å². The summed E-state index contributed by atoms with van der Waals surface area (Å²) in [6.45, 7) is 1.57. The molecule has 0 bridgehead atoms. The molecular formula is C9H13N3O4S. The van der Waals surface area contributed by atoms with Crippen LogP contribution in [-0.4, -0.2) is 31.5 Å². The van der Waals surface area contributed by atoms with Gasteiger partial charge in [-0.05, 0) is 12.8 Å². The van der Waals surface area contributed by atoms with Crippen molar-refractivity contribution in [3.05, 3.63) is 0 Å². The van der Waals surface area contributed by atoms with E-state index in [0.29, 0.717) is 0 Å². The van der Waals surface area contributed by atoms with Crippen LogP contribution < -0.4 is 10.0 Å². The van der Waals surface area contributed by atoms with Crippen LogP contribution in [0.4, 0.5) is 0 Å². The summed E-state index contributed by atoms with van der Waals surface area (Å²) in [5.41, 5.74) is 0. The van der Waals surface area contributed by atoms with Crippen molar-refractivity contribution < 1.29 is 18.0 Å². The number of nitrogens with zero attached hydrogens (tertiary/aromatic N) is 1. The average Bonchev–Trinajstić information content (AvgIpc) is 2.23. The molecular weight excluding hydrogens is 246 g/mol. The molecule has 1 fully saturated rings. The number of amides is 2. The van der Waals surface area contributed by atoms with Crippen molar-refractivity contribution >= 4 is 21.8 Å². The number of nitriles is 1. The lowest BCUT2D eigenvalue weighted by atomic mass is 10.1. The standard InChI is InChI=1S/C9H13N3O4S/c1-2-6(5-10)17(15,16)12-7-3-4-8(13)11-9(7)14/h6-7,12H,2-4H2,1H3,(H,11,13,14). The number of hydrogen-bond donors (Lipinski definition) is 2. The molecule has 94 valence electrons. The molecule has 17 heavy (non-hydrogen) atoms. The molecule has 1 saturated heterocycles. The van der Waals surface area contributed by atoms with Crippen molar-refractivity contribution in [2.75, 3.05) is 0 Å². The van der Waals surface area contributed by atoms with E-state index in [4.69, 9.17) is 5.26 Å². The fourth-order valence-corrected chi connectivity index (χ4v) is 2.83. The number of imide groups is 1. The summed E-state index contributed by atoms with van der Waals surface area (Å²) < 4.78 is 25.5. The summed E-state index contributed by atoms with van der Waals surface area (Å²) in [5, 5.41) is 9.53. The van der Waals surface area contributed by atoms with Gasteiger partial charge in [-0.15, -0.1) is 0 Å². The third-order valence-electron chi connectivity index (χ3n) is 2.44. The van der Waals surface area contributed by atoms with Crippen LogP contribution in [0.3, 0.4) is 0 Å². The number of carbonyl (C=O) groups excluding carboxylic acids is 2. The largest absolute Gasteiger partial charge is 0.295 e. The number of rotatable bonds is 4. The molecule has 0 aromatic heterocycles. The van der Waals surface area contributed by atoms with Gasteiger partial charge in [0.05, 0.1) is 6.07 Å². The maximum Gasteiger partial charge on any atom is 0.244 e. The number of piperidine rings is 1. The second-order valence-corrected chi connectivity index (χ2v) is 5.59. The molecule has 1 aliphatic rings. The van der Waals surface area contributed by atoms with Gasteiger partial charge in [-0.2, -0.15) is 5.26 Å². The predicted molar refractivity (Wildman–Crippen MR) is 57.9 cm³/mol. The highest BCUT2D eigenvalue weighted by Gasteiger charge is 2.33. The first-order valence-electron chi connectivity index (χ1n) is 5.15. The molecule has 2 unspecified atom stereocenters. The van der Waals surface area contributed by atoms with Crippen molar-refractivity contribution in [2.45, 2.75) is 37.5 Å². The van der Waals surface area contributed by atoms with Crippen LogP contribution >= 0.6 is 0 Å². The third-order valence-corrected chi connectivity index (χ3v) is 4.24. The maximum absolute atomic E-state index is 11.7. The van der Waals surface area contributed by atoms with Crippen LogP contribution in [0, 0.1) is 11.3 Å². The minimum absolute atomic E-state index is 0.0856. The lowest BCUT2D eigenvalue weighted by Gasteiger charge is -2.22. The van der Waals surface area contributed by atoms with Crippen LogP contribution in [0.2, 0.25) is 0 Å². The van der Waals surface area contributed by atoms with Crippen molar-refractivity contribution in [3.63, 3.8) is 0 Å². The Balaban J connectivity index is 2.75. The van der Waals surface area contributed by atoms with Gasteiger partial charge < -0.3 is 0 Å². The van der Waals surface area contributed by atoms with Gasteiger partial charge >= 0.3 is 0 Å². The molecule has 0 spiro atoms. The Hall–Kier alpha value is -1.46. The second-order valence-electron chi connectivity index (χ2n) is 3.69. The van der Waals surface area contributed by atoms with E-state index in [1.165, 1.54) is 0 Å². The number of carbonyl (C=O) groups is 2. The number of hydrogen-bond acceptors (Lipinski definition) is 5. The Morgan fingerprint density at radius 3 is 2.71 bits per heavy atom. The first kappa shape index (κ1) is 13.6. The molecule has 1 heterocycles. The second kappa shape index (κ2) is 5.25. The summed E-state index contributed by atoms with van der Waals surface area (Å²) in [4.78, 5) is 22.2. The molecule has 1 rings (SSSR count). The monoisotopic (exact) mass is 259 g/mol. The van der Waals surface area contributed by atoms with Crippen LogP contribution in [0.25, 0.3) is 0 Å².